The van der Waals surface area contributed by atoms with Crippen LogP contribution in [0.1, 0.15) is 48.4 Å². The van der Waals surface area contributed by atoms with Crippen molar-refractivity contribution in [2.75, 3.05) is 0 Å². The highest BCUT2D eigenvalue weighted by molar-refractivity contribution is 5.85. The van der Waals surface area contributed by atoms with E-state index in [0.29, 0.717) is 29.5 Å². The SMILES string of the molecule is CCCCc1ccc(C2=Cc3ccc(-c4ccc(OC(F)(F)F)c(F)c4)c(F)c3CC2)c(F)c1. The molecule has 7 heteroatoms. The van der Waals surface area contributed by atoms with Crippen LogP contribution in [0.4, 0.5) is 26.3 Å². The molecule has 0 aromatic heterocycles. The van der Waals surface area contributed by atoms with Gasteiger partial charge in [-0.25, -0.2) is 13.2 Å². The summed E-state index contributed by atoms with van der Waals surface area (Å²) in [7, 11) is 0. The Bertz CT molecular complexity index is 1240. The molecule has 3 aromatic carbocycles. The molecule has 1 aliphatic rings. The van der Waals surface area contributed by atoms with Gasteiger partial charge in [-0.3, -0.25) is 0 Å². The van der Waals surface area contributed by atoms with Gasteiger partial charge in [0.15, 0.2) is 11.6 Å². The number of aryl methyl sites for hydroxylation is 1. The minimum atomic E-state index is -5.03. The molecule has 0 saturated carbocycles. The highest BCUT2D eigenvalue weighted by atomic mass is 19.4. The number of halogens is 6. The lowest BCUT2D eigenvalue weighted by molar-refractivity contribution is -0.275. The second-order valence-electron chi connectivity index (χ2n) is 8.28. The van der Waals surface area contributed by atoms with Crippen LogP contribution in [-0.4, -0.2) is 6.36 Å². The van der Waals surface area contributed by atoms with Crippen molar-refractivity contribution in [3.05, 3.63) is 88.2 Å². The summed E-state index contributed by atoms with van der Waals surface area (Å²) >= 11 is 0. The van der Waals surface area contributed by atoms with Crippen LogP contribution in [-0.2, 0) is 12.8 Å². The number of ether oxygens (including phenoxy) is 1. The first-order valence-corrected chi connectivity index (χ1v) is 11.0. The van der Waals surface area contributed by atoms with E-state index in [4.69, 9.17) is 0 Å². The largest absolute Gasteiger partial charge is 0.573 e. The number of benzene rings is 3. The molecule has 0 atom stereocenters. The first-order valence-electron chi connectivity index (χ1n) is 11.0. The van der Waals surface area contributed by atoms with Crippen molar-refractivity contribution in [1.82, 2.24) is 0 Å². The zero-order valence-corrected chi connectivity index (χ0v) is 18.4. The Morgan fingerprint density at radius 3 is 2.29 bits per heavy atom. The maximum atomic E-state index is 15.3. The number of alkyl halides is 3. The molecule has 0 unspecified atom stereocenters. The zero-order valence-electron chi connectivity index (χ0n) is 18.4. The van der Waals surface area contributed by atoms with E-state index in [9.17, 15) is 22.0 Å². The van der Waals surface area contributed by atoms with Gasteiger partial charge in [-0.05, 0) is 71.7 Å². The van der Waals surface area contributed by atoms with Gasteiger partial charge in [0.1, 0.15) is 11.6 Å². The second-order valence-corrected chi connectivity index (χ2v) is 8.28. The van der Waals surface area contributed by atoms with Crippen LogP contribution in [0.3, 0.4) is 0 Å². The maximum absolute atomic E-state index is 15.3. The topological polar surface area (TPSA) is 9.23 Å². The van der Waals surface area contributed by atoms with Crippen molar-refractivity contribution in [2.45, 2.75) is 45.4 Å². The van der Waals surface area contributed by atoms with Gasteiger partial charge in [-0.15, -0.1) is 13.2 Å². The Labute approximate surface area is 193 Å². The molecule has 1 nitrogen and oxygen atoms in total. The standard InChI is InChI=1S/C27H22F6O/c1-2-3-4-16-5-9-20(23(28)13-16)17-6-10-21-18(14-17)7-11-22(26(21)30)19-8-12-25(24(29)15-19)34-27(31,32)33/h5,7-9,11-15H,2-4,6,10H2,1H3. The first kappa shape index (κ1) is 23.9. The molecule has 0 N–H and O–H groups in total. The van der Waals surface area contributed by atoms with E-state index in [2.05, 4.69) is 11.7 Å². The fourth-order valence-electron chi connectivity index (χ4n) is 4.21. The number of allylic oxidation sites excluding steroid dienone is 1. The summed E-state index contributed by atoms with van der Waals surface area (Å²) in [6.07, 6.45) is 0.277. The molecule has 34 heavy (non-hydrogen) atoms. The molecule has 4 rings (SSSR count). The van der Waals surface area contributed by atoms with Gasteiger partial charge in [0.2, 0.25) is 0 Å². The summed E-state index contributed by atoms with van der Waals surface area (Å²) in [5, 5.41) is 0. The van der Waals surface area contributed by atoms with Crippen molar-refractivity contribution in [1.29, 1.82) is 0 Å². The number of hydrogen-bond acceptors (Lipinski definition) is 1. The van der Waals surface area contributed by atoms with E-state index in [1.54, 1.807) is 24.3 Å². The van der Waals surface area contributed by atoms with Gasteiger partial charge in [0, 0.05) is 11.1 Å². The molecule has 0 amide bonds. The van der Waals surface area contributed by atoms with Crippen molar-refractivity contribution in [2.24, 2.45) is 0 Å². The van der Waals surface area contributed by atoms with Gasteiger partial charge in [0.25, 0.3) is 0 Å². The molecule has 0 spiro atoms. The van der Waals surface area contributed by atoms with Crippen LogP contribution >= 0.6 is 0 Å². The summed E-state index contributed by atoms with van der Waals surface area (Å²) in [5.74, 6) is -3.11. The zero-order chi connectivity index (χ0) is 24.5. The number of rotatable bonds is 6. The number of hydrogen-bond donors (Lipinski definition) is 0. The number of fused-ring (bicyclic) bond motifs is 1. The Morgan fingerprint density at radius 1 is 0.853 bits per heavy atom. The lowest BCUT2D eigenvalue weighted by atomic mass is 9.86. The van der Waals surface area contributed by atoms with E-state index < -0.39 is 23.7 Å². The predicted octanol–water partition coefficient (Wildman–Crippen LogP) is 8.50. The Balaban J connectivity index is 1.63. The van der Waals surface area contributed by atoms with Gasteiger partial charge in [-0.1, -0.05) is 49.8 Å². The molecule has 0 radical (unpaired) electrons. The van der Waals surface area contributed by atoms with Crippen LogP contribution in [0.25, 0.3) is 22.8 Å². The Hall–Kier alpha value is -3.22. The van der Waals surface area contributed by atoms with Gasteiger partial charge >= 0.3 is 6.36 Å². The van der Waals surface area contributed by atoms with Gasteiger partial charge in [-0.2, -0.15) is 0 Å². The maximum Gasteiger partial charge on any atom is 0.573 e. The van der Waals surface area contributed by atoms with Crippen molar-refractivity contribution < 1.29 is 31.1 Å². The first-order chi connectivity index (χ1) is 16.2. The monoisotopic (exact) mass is 476 g/mol. The lowest BCUT2D eigenvalue weighted by Gasteiger charge is -2.20. The third-order valence-corrected chi connectivity index (χ3v) is 5.92. The van der Waals surface area contributed by atoms with Gasteiger partial charge < -0.3 is 4.74 Å². The van der Waals surface area contributed by atoms with E-state index in [-0.39, 0.29) is 16.9 Å². The summed E-state index contributed by atoms with van der Waals surface area (Å²) in [6.45, 7) is 2.08. The molecular formula is C27H22F6O. The van der Waals surface area contributed by atoms with E-state index in [1.807, 2.05) is 6.07 Å². The van der Waals surface area contributed by atoms with E-state index >= 15 is 4.39 Å². The molecule has 0 aliphatic heterocycles. The highest BCUT2D eigenvalue weighted by Gasteiger charge is 2.32. The third-order valence-electron chi connectivity index (χ3n) is 5.92. The van der Waals surface area contributed by atoms with E-state index in [0.717, 1.165) is 42.5 Å². The number of unbranched alkanes of at least 4 members (excludes halogenated alkanes) is 1. The second kappa shape index (κ2) is 9.57. The molecular weight excluding hydrogens is 454 g/mol. The lowest BCUT2D eigenvalue weighted by Crippen LogP contribution is -2.17. The van der Waals surface area contributed by atoms with E-state index in [1.165, 1.54) is 12.1 Å². The summed E-state index contributed by atoms with van der Waals surface area (Å²) in [4.78, 5) is 0. The summed E-state index contributed by atoms with van der Waals surface area (Å²) < 4.78 is 84.9. The molecule has 0 heterocycles. The average molecular weight is 476 g/mol. The van der Waals surface area contributed by atoms with Crippen LogP contribution < -0.4 is 4.74 Å². The minimum Gasteiger partial charge on any atom is -0.403 e. The van der Waals surface area contributed by atoms with Crippen LogP contribution in [0.2, 0.25) is 0 Å². The smallest absolute Gasteiger partial charge is 0.403 e. The predicted molar refractivity (Wildman–Crippen MR) is 120 cm³/mol. The molecule has 3 aromatic rings. The average Bonchev–Trinajstić information content (AvgIpc) is 2.78. The normalized spacial score (nSPS) is 13.4. The Morgan fingerprint density at radius 2 is 1.62 bits per heavy atom. The van der Waals surface area contributed by atoms with Crippen molar-refractivity contribution >= 4 is 11.6 Å². The third kappa shape index (κ3) is 5.13. The Kier molecular flexibility index (Phi) is 6.73. The summed E-state index contributed by atoms with van der Waals surface area (Å²) in [5.41, 5.74) is 3.34. The molecule has 0 saturated heterocycles. The highest BCUT2D eigenvalue weighted by Crippen LogP contribution is 2.37. The van der Waals surface area contributed by atoms with Crippen LogP contribution in [0, 0.1) is 17.5 Å². The van der Waals surface area contributed by atoms with Crippen molar-refractivity contribution in [3.63, 3.8) is 0 Å². The molecule has 0 bridgehead atoms. The van der Waals surface area contributed by atoms with Crippen LogP contribution in [0.5, 0.6) is 5.75 Å². The molecule has 178 valence electrons. The summed E-state index contributed by atoms with van der Waals surface area (Å²) in [6, 6.07) is 11.1. The fourth-order valence-corrected chi connectivity index (χ4v) is 4.21. The fraction of sp³-hybridized carbons (Fsp3) is 0.259. The molecule has 0 fully saturated rings. The molecule has 1 aliphatic carbocycles. The minimum absolute atomic E-state index is 0.0690. The van der Waals surface area contributed by atoms with Gasteiger partial charge in [0.05, 0.1) is 0 Å². The quantitative estimate of drug-likeness (QED) is 0.324. The van der Waals surface area contributed by atoms with Crippen LogP contribution in [0.15, 0.2) is 48.5 Å². The van der Waals surface area contributed by atoms with Crippen molar-refractivity contribution in [3.8, 4) is 16.9 Å².